The molecule has 0 spiro atoms. The Morgan fingerprint density at radius 3 is 2.67 bits per heavy atom. The summed E-state index contributed by atoms with van der Waals surface area (Å²) < 4.78 is 13.0. The van der Waals surface area contributed by atoms with Gasteiger partial charge in [-0.05, 0) is 12.1 Å². The Balaban J connectivity index is 3.12. The second-order valence-electron chi connectivity index (χ2n) is 2.51. The summed E-state index contributed by atoms with van der Waals surface area (Å²) in [6.45, 7) is 0.106. The van der Waals surface area contributed by atoms with Gasteiger partial charge in [0.2, 0.25) is 0 Å². The van der Waals surface area contributed by atoms with Crippen molar-refractivity contribution >= 4 is 0 Å². The van der Waals surface area contributed by atoms with Gasteiger partial charge in [-0.1, -0.05) is 6.07 Å². The first-order valence-corrected chi connectivity index (χ1v) is 3.60. The lowest BCUT2D eigenvalue weighted by Crippen LogP contribution is -2.21. The van der Waals surface area contributed by atoms with E-state index in [9.17, 15) is 9.50 Å². The Morgan fingerprint density at radius 2 is 2.17 bits per heavy atom. The summed E-state index contributed by atoms with van der Waals surface area (Å²) in [6, 6.07) is 3.39. The average molecular weight is 170 g/mol. The van der Waals surface area contributed by atoms with Crippen molar-refractivity contribution in [1.29, 1.82) is 0 Å². The molecule has 1 atom stereocenters. The third kappa shape index (κ3) is 1.54. The summed E-state index contributed by atoms with van der Waals surface area (Å²) in [7, 11) is 0. The van der Waals surface area contributed by atoms with Crippen LogP contribution in [0.4, 0.5) is 4.39 Å². The van der Waals surface area contributed by atoms with Gasteiger partial charge in [-0.3, -0.25) is 0 Å². The molecule has 0 bridgehead atoms. The van der Waals surface area contributed by atoms with Crippen molar-refractivity contribution < 1.29 is 9.50 Å². The van der Waals surface area contributed by atoms with Gasteiger partial charge >= 0.3 is 0 Å². The molecule has 0 saturated carbocycles. The number of rotatable bonds is 2. The average Bonchev–Trinajstić information content (AvgIpc) is 2.03. The van der Waals surface area contributed by atoms with Crippen LogP contribution in [0.25, 0.3) is 0 Å². The lowest BCUT2D eigenvalue weighted by Gasteiger charge is -2.11. The molecule has 1 aromatic carbocycles. The standard InChI is InChI=1S/C8H11FN2O/c9-5-2-1-3-7(12)8(5)6(11)4-10/h1-3,6,12H,4,10-11H2/t6-/m1/s1. The molecule has 0 radical (unpaired) electrons. The smallest absolute Gasteiger partial charge is 0.131 e. The minimum atomic E-state index is -0.647. The highest BCUT2D eigenvalue weighted by atomic mass is 19.1. The molecule has 0 fully saturated rings. The van der Waals surface area contributed by atoms with Crippen molar-refractivity contribution in [3.8, 4) is 5.75 Å². The molecule has 0 unspecified atom stereocenters. The van der Waals surface area contributed by atoms with Crippen molar-refractivity contribution in [2.75, 3.05) is 6.54 Å². The van der Waals surface area contributed by atoms with Crippen LogP contribution in [0.2, 0.25) is 0 Å². The topological polar surface area (TPSA) is 72.3 Å². The van der Waals surface area contributed by atoms with Gasteiger partial charge in [-0.2, -0.15) is 0 Å². The second kappa shape index (κ2) is 3.51. The normalized spacial score (nSPS) is 12.9. The molecule has 0 aliphatic rings. The molecule has 0 heterocycles. The molecular weight excluding hydrogens is 159 g/mol. The van der Waals surface area contributed by atoms with E-state index in [0.717, 1.165) is 0 Å². The molecule has 0 saturated heterocycles. The lowest BCUT2D eigenvalue weighted by atomic mass is 10.1. The van der Waals surface area contributed by atoms with Gasteiger partial charge in [0.25, 0.3) is 0 Å². The van der Waals surface area contributed by atoms with E-state index >= 15 is 0 Å². The molecule has 66 valence electrons. The van der Waals surface area contributed by atoms with Crippen LogP contribution >= 0.6 is 0 Å². The molecular formula is C8H11FN2O. The summed E-state index contributed by atoms with van der Waals surface area (Å²) in [5.41, 5.74) is 10.8. The molecule has 3 nitrogen and oxygen atoms in total. The predicted octanol–water partition coefficient (Wildman–Crippen LogP) is 0.490. The van der Waals surface area contributed by atoms with E-state index in [-0.39, 0.29) is 17.9 Å². The fourth-order valence-corrected chi connectivity index (χ4v) is 1.01. The van der Waals surface area contributed by atoms with Crippen molar-refractivity contribution in [3.05, 3.63) is 29.6 Å². The highest BCUT2D eigenvalue weighted by molar-refractivity contribution is 5.35. The largest absolute Gasteiger partial charge is 0.508 e. The van der Waals surface area contributed by atoms with Crippen LogP contribution in [0.5, 0.6) is 5.75 Å². The summed E-state index contributed by atoms with van der Waals surface area (Å²) in [5.74, 6) is -0.666. The number of phenolic OH excluding ortho intramolecular Hbond substituents is 1. The van der Waals surface area contributed by atoms with Crippen LogP contribution in [0.3, 0.4) is 0 Å². The number of benzene rings is 1. The minimum absolute atomic E-state index is 0.0833. The predicted molar refractivity (Wildman–Crippen MR) is 44.0 cm³/mol. The third-order valence-electron chi connectivity index (χ3n) is 1.65. The maximum atomic E-state index is 13.0. The Hall–Kier alpha value is -1.13. The van der Waals surface area contributed by atoms with E-state index in [1.54, 1.807) is 0 Å². The Bertz CT molecular complexity index is 258. The first-order valence-electron chi connectivity index (χ1n) is 3.60. The maximum Gasteiger partial charge on any atom is 0.131 e. The molecule has 1 aromatic rings. The van der Waals surface area contributed by atoms with Gasteiger partial charge in [0.15, 0.2) is 0 Å². The third-order valence-corrected chi connectivity index (χ3v) is 1.65. The molecule has 12 heavy (non-hydrogen) atoms. The van der Waals surface area contributed by atoms with E-state index in [1.807, 2.05) is 0 Å². The van der Waals surface area contributed by atoms with Gasteiger partial charge < -0.3 is 16.6 Å². The van der Waals surface area contributed by atoms with Crippen molar-refractivity contribution in [1.82, 2.24) is 0 Å². The highest BCUT2D eigenvalue weighted by Gasteiger charge is 2.13. The van der Waals surface area contributed by atoms with E-state index < -0.39 is 11.9 Å². The lowest BCUT2D eigenvalue weighted by molar-refractivity contribution is 0.450. The first-order chi connectivity index (χ1) is 5.66. The molecule has 0 aromatic heterocycles. The number of nitrogens with two attached hydrogens (primary N) is 2. The van der Waals surface area contributed by atoms with Crippen LogP contribution < -0.4 is 11.5 Å². The summed E-state index contributed by atoms with van der Waals surface area (Å²) >= 11 is 0. The van der Waals surface area contributed by atoms with Crippen LogP contribution in [0.1, 0.15) is 11.6 Å². The molecule has 0 amide bonds. The summed E-state index contributed by atoms with van der Waals surface area (Å²) in [6.07, 6.45) is 0. The highest BCUT2D eigenvalue weighted by Crippen LogP contribution is 2.24. The minimum Gasteiger partial charge on any atom is -0.508 e. The number of aromatic hydroxyl groups is 1. The van der Waals surface area contributed by atoms with E-state index in [1.165, 1.54) is 18.2 Å². The van der Waals surface area contributed by atoms with Crippen LogP contribution in [-0.2, 0) is 0 Å². The van der Waals surface area contributed by atoms with Crippen LogP contribution in [0, 0.1) is 5.82 Å². The van der Waals surface area contributed by atoms with E-state index in [4.69, 9.17) is 11.5 Å². The quantitative estimate of drug-likeness (QED) is 0.604. The number of halogens is 1. The van der Waals surface area contributed by atoms with E-state index in [0.29, 0.717) is 0 Å². The van der Waals surface area contributed by atoms with Gasteiger partial charge in [-0.15, -0.1) is 0 Å². The monoisotopic (exact) mass is 170 g/mol. The molecule has 0 aliphatic carbocycles. The van der Waals surface area contributed by atoms with Crippen molar-refractivity contribution in [3.63, 3.8) is 0 Å². The van der Waals surface area contributed by atoms with Gasteiger partial charge in [-0.25, -0.2) is 4.39 Å². The zero-order valence-corrected chi connectivity index (χ0v) is 6.50. The second-order valence-corrected chi connectivity index (χ2v) is 2.51. The maximum absolute atomic E-state index is 13.0. The Labute approximate surface area is 69.8 Å². The number of hydrogen-bond donors (Lipinski definition) is 3. The van der Waals surface area contributed by atoms with Gasteiger partial charge in [0.1, 0.15) is 11.6 Å². The molecule has 5 N–H and O–H groups in total. The Morgan fingerprint density at radius 1 is 1.50 bits per heavy atom. The molecule has 4 heteroatoms. The SMILES string of the molecule is NC[C@@H](N)c1c(O)cccc1F. The van der Waals surface area contributed by atoms with Crippen molar-refractivity contribution in [2.45, 2.75) is 6.04 Å². The van der Waals surface area contributed by atoms with Gasteiger partial charge in [0.05, 0.1) is 0 Å². The molecule has 0 aliphatic heterocycles. The summed E-state index contributed by atoms with van der Waals surface area (Å²) in [5, 5.41) is 9.22. The number of phenols is 1. The fourth-order valence-electron chi connectivity index (χ4n) is 1.01. The fraction of sp³-hybridized carbons (Fsp3) is 0.250. The zero-order valence-electron chi connectivity index (χ0n) is 6.50. The summed E-state index contributed by atoms with van der Waals surface area (Å²) in [4.78, 5) is 0. The Kier molecular flexibility index (Phi) is 2.62. The number of hydrogen-bond acceptors (Lipinski definition) is 3. The van der Waals surface area contributed by atoms with Crippen molar-refractivity contribution in [2.24, 2.45) is 11.5 Å². The van der Waals surface area contributed by atoms with Gasteiger partial charge in [0, 0.05) is 18.2 Å². The van der Waals surface area contributed by atoms with E-state index in [2.05, 4.69) is 0 Å². The first kappa shape index (κ1) is 8.96. The van der Waals surface area contributed by atoms with Crippen LogP contribution in [0.15, 0.2) is 18.2 Å². The molecule has 1 rings (SSSR count). The zero-order chi connectivity index (χ0) is 9.14. The van der Waals surface area contributed by atoms with Crippen LogP contribution in [-0.4, -0.2) is 11.7 Å².